The minimum atomic E-state index is -0.972. The van der Waals surface area contributed by atoms with Crippen LogP contribution in [-0.4, -0.2) is 15.4 Å². The van der Waals surface area contributed by atoms with Gasteiger partial charge in [0.05, 0.1) is 16.8 Å². The highest BCUT2D eigenvalue weighted by atomic mass is 19.1. The molecule has 0 aliphatic heterocycles. The fourth-order valence-electron chi connectivity index (χ4n) is 1.69. The molecule has 9 heteroatoms. The van der Waals surface area contributed by atoms with E-state index in [1.54, 1.807) is 0 Å². The summed E-state index contributed by atoms with van der Waals surface area (Å²) in [7, 11) is 0. The largest absolute Gasteiger partial charge is 0.322 e. The molecule has 0 radical (unpaired) electrons. The van der Waals surface area contributed by atoms with Gasteiger partial charge in [0.25, 0.3) is 11.2 Å². The van der Waals surface area contributed by atoms with Crippen molar-refractivity contribution < 1.29 is 18.5 Å². The number of hydrogen-bond acceptors (Lipinski definition) is 4. The van der Waals surface area contributed by atoms with Crippen molar-refractivity contribution in [2.75, 3.05) is 5.32 Å². The number of carbonyl (C=O) groups excluding carboxylic acids is 1. The zero-order valence-corrected chi connectivity index (χ0v) is 11.0. The van der Waals surface area contributed by atoms with E-state index in [9.17, 15) is 28.5 Å². The Morgan fingerprint density at radius 3 is 2.64 bits per heavy atom. The molecule has 0 saturated heterocycles. The van der Waals surface area contributed by atoms with Gasteiger partial charge >= 0.3 is 0 Å². The van der Waals surface area contributed by atoms with Crippen LogP contribution in [0.4, 0.5) is 20.2 Å². The molecule has 114 valence electrons. The molecule has 1 aromatic carbocycles. The molecule has 1 amide bonds. The minimum absolute atomic E-state index is 0.259. The summed E-state index contributed by atoms with van der Waals surface area (Å²) in [5.41, 5.74) is -1.24. The van der Waals surface area contributed by atoms with Crippen molar-refractivity contribution in [3.8, 4) is 0 Å². The Balaban J connectivity index is 2.17. The van der Waals surface area contributed by atoms with Crippen molar-refractivity contribution in [2.24, 2.45) is 0 Å². The number of hydrogen-bond donors (Lipinski definition) is 1. The van der Waals surface area contributed by atoms with Gasteiger partial charge in [0.2, 0.25) is 5.91 Å². The van der Waals surface area contributed by atoms with Gasteiger partial charge in [0.1, 0.15) is 18.2 Å². The van der Waals surface area contributed by atoms with E-state index in [4.69, 9.17) is 0 Å². The highest BCUT2D eigenvalue weighted by Gasteiger charge is 2.12. The lowest BCUT2D eigenvalue weighted by Crippen LogP contribution is -2.27. The third-order valence-corrected chi connectivity index (χ3v) is 2.70. The van der Waals surface area contributed by atoms with E-state index in [-0.39, 0.29) is 11.4 Å². The minimum Gasteiger partial charge on any atom is -0.322 e. The van der Waals surface area contributed by atoms with Gasteiger partial charge in [-0.3, -0.25) is 24.3 Å². The standard InChI is InChI=1S/C13H9F2N3O4/c14-8-1-3-11(10(15)5-8)16-12(19)7-17-6-9(18(21)22)2-4-13(17)20/h1-6H,7H2,(H,16,19). The number of pyridine rings is 1. The van der Waals surface area contributed by atoms with Crippen LogP contribution in [0.15, 0.2) is 41.3 Å². The van der Waals surface area contributed by atoms with Crippen LogP contribution in [0.5, 0.6) is 0 Å². The number of nitrogens with zero attached hydrogens (tertiary/aromatic N) is 2. The van der Waals surface area contributed by atoms with Gasteiger partial charge in [-0.05, 0) is 12.1 Å². The van der Waals surface area contributed by atoms with Gasteiger partial charge in [0, 0.05) is 18.2 Å². The molecule has 1 heterocycles. The van der Waals surface area contributed by atoms with Crippen LogP contribution in [0.2, 0.25) is 0 Å². The predicted octanol–water partition coefficient (Wildman–Crippen LogP) is 1.67. The molecule has 1 N–H and O–H groups in total. The van der Waals surface area contributed by atoms with E-state index >= 15 is 0 Å². The average Bonchev–Trinajstić information content (AvgIpc) is 2.44. The molecule has 0 atom stereocenters. The molecule has 0 fully saturated rings. The van der Waals surface area contributed by atoms with Crippen molar-refractivity contribution in [3.05, 3.63) is 68.6 Å². The highest BCUT2D eigenvalue weighted by molar-refractivity contribution is 5.90. The van der Waals surface area contributed by atoms with E-state index < -0.39 is 34.6 Å². The third-order valence-electron chi connectivity index (χ3n) is 2.70. The summed E-state index contributed by atoms with van der Waals surface area (Å²) in [6.45, 7) is -0.544. The highest BCUT2D eigenvalue weighted by Crippen LogP contribution is 2.15. The molecule has 2 aromatic rings. The van der Waals surface area contributed by atoms with E-state index in [2.05, 4.69) is 5.32 Å². The number of amides is 1. The number of halogens is 2. The average molecular weight is 309 g/mol. The maximum absolute atomic E-state index is 13.4. The number of rotatable bonds is 4. The van der Waals surface area contributed by atoms with E-state index in [1.165, 1.54) is 0 Å². The number of aromatic nitrogens is 1. The summed E-state index contributed by atoms with van der Waals surface area (Å²) < 4.78 is 26.9. The van der Waals surface area contributed by atoms with Crippen molar-refractivity contribution >= 4 is 17.3 Å². The summed E-state index contributed by atoms with van der Waals surface area (Å²) in [5.74, 6) is -2.56. The normalized spacial score (nSPS) is 10.3. The monoisotopic (exact) mass is 309 g/mol. The van der Waals surface area contributed by atoms with Gasteiger partial charge in [0.15, 0.2) is 0 Å². The molecule has 0 aliphatic rings. The molecule has 0 spiro atoms. The summed E-state index contributed by atoms with van der Waals surface area (Å²) in [6.07, 6.45) is 0.906. The topological polar surface area (TPSA) is 94.2 Å². The molecule has 22 heavy (non-hydrogen) atoms. The number of anilines is 1. The lowest BCUT2D eigenvalue weighted by molar-refractivity contribution is -0.385. The van der Waals surface area contributed by atoms with Crippen LogP contribution in [0.25, 0.3) is 0 Å². The third kappa shape index (κ3) is 3.51. The van der Waals surface area contributed by atoms with Crippen LogP contribution in [-0.2, 0) is 11.3 Å². The molecule has 7 nitrogen and oxygen atoms in total. The second kappa shape index (κ2) is 6.12. The summed E-state index contributed by atoms with van der Waals surface area (Å²) >= 11 is 0. The van der Waals surface area contributed by atoms with Gasteiger partial charge in [-0.1, -0.05) is 0 Å². The number of nitro groups is 1. The second-order valence-corrected chi connectivity index (χ2v) is 4.28. The lowest BCUT2D eigenvalue weighted by atomic mass is 10.3. The van der Waals surface area contributed by atoms with Gasteiger partial charge < -0.3 is 5.32 Å². The smallest absolute Gasteiger partial charge is 0.285 e. The molecule has 0 unspecified atom stereocenters. The van der Waals surface area contributed by atoms with Crippen molar-refractivity contribution in [1.29, 1.82) is 0 Å². The zero-order valence-electron chi connectivity index (χ0n) is 11.0. The molecular weight excluding hydrogens is 300 g/mol. The summed E-state index contributed by atoms with van der Waals surface area (Å²) in [5, 5.41) is 12.8. The molecular formula is C13H9F2N3O4. The van der Waals surface area contributed by atoms with Gasteiger partial charge in [-0.15, -0.1) is 0 Å². The first-order chi connectivity index (χ1) is 10.4. The zero-order chi connectivity index (χ0) is 16.3. The lowest BCUT2D eigenvalue weighted by Gasteiger charge is -2.08. The first-order valence-electron chi connectivity index (χ1n) is 5.96. The van der Waals surface area contributed by atoms with Crippen LogP contribution < -0.4 is 10.9 Å². The van der Waals surface area contributed by atoms with Crippen LogP contribution >= 0.6 is 0 Å². The van der Waals surface area contributed by atoms with Crippen molar-refractivity contribution in [3.63, 3.8) is 0 Å². The molecule has 0 aliphatic carbocycles. The number of nitrogens with one attached hydrogen (secondary N) is 1. The number of carbonyl (C=O) groups is 1. The molecule has 2 rings (SSSR count). The Morgan fingerprint density at radius 2 is 2.00 bits per heavy atom. The van der Waals surface area contributed by atoms with Crippen molar-refractivity contribution in [1.82, 2.24) is 4.57 Å². The molecule has 0 saturated carbocycles. The summed E-state index contributed by atoms with van der Waals surface area (Å²) in [4.78, 5) is 33.2. The van der Waals surface area contributed by atoms with Crippen molar-refractivity contribution in [2.45, 2.75) is 6.54 Å². The molecule has 1 aromatic heterocycles. The predicted molar refractivity (Wildman–Crippen MR) is 72.3 cm³/mol. The number of benzene rings is 1. The van der Waals surface area contributed by atoms with Gasteiger partial charge in [-0.25, -0.2) is 8.78 Å². The fraction of sp³-hybridized carbons (Fsp3) is 0.0769. The Labute approximate surface area is 122 Å². The quantitative estimate of drug-likeness (QED) is 0.686. The van der Waals surface area contributed by atoms with E-state index in [0.717, 1.165) is 35.0 Å². The Kier molecular flexibility index (Phi) is 4.25. The first kappa shape index (κ1) is 15.3. The Morgan fingerprint density at radius 1 is 1.27 bits per heavy atom. The second-order valence-electron chi connectivity index (χ2n) is 4.28. The maximum Gasteiger partial charge on any atom is 0.285 e. The van der Waals surface area contributed by atoms with Crippen LogP contribution in [0.3, 0.4) is 0 Å². The Bertz CT molecular complexity index is 804. The SMILES string of the molecule is O=C(Cn1cc([N+](=O)[O-])ccc1=O)Nc1ccc(F)cc1F. The fourth-order valence-corrected chi connectivity index (χ4v) is 1.69. The van der Waals surface area contributed by atoms with Crippen LogP contribution in [0, 0.1) is 21.7 Å². The molecule has 0 bridgehead atoms. The first-order valence-corrected chi connectivity index (χ1v) is 5.96. The van der Waals surface area contributed by atoms with E-state index in [0.29, 0.717) is 6.07 Å². The van der Waals surface area contributed by atoms with E-state index in [1.807, 2.05) is 0 Å². The Hall–Kier alpha value is -3.10. The summed E-state index contributed by atoms with van der Waals surface area (Å²) in [6, 6.07) is 4.53. The maximum atomic E-state index is 13.4. The van der Waals surface area contributed by atoms with Gasteiger partial charge in [-0.2, -0.15) is 0 Å². The van der Waals surface area contributed by atoms with Crippen LogP contribution in [0.1, 0.15) is 0 Å².